The number of anilines is 1. The molecule has 1 heterocycles. The predicted molar refractivity (Wildman–Crippen MR) is 77.1 cm³/mol. The maximum absolute atomic E-state index is 12.9. The number of rotatable bonds is 3. The highest BCUT2D eigenvalue weighted by Gasteiger charge is 2.43. The van der Waals surface area contributed by atoms with Crippen LogP contribution in [0.2, 0.25) is 0 Å². The zero-order valence-corrected chi connectivity index (χ0v) is 13.1. The van der Waals surface area contributed by atoms with Gasteiger partial charge >= 0.3 is 12.1 Å². The van der Waals surface area contributed by atoms with E-state index < -0.39 is 18.2 Å². The molecular weight excluding hydrogens is 315 g/mol. The number of morpholine rings is 1. The number of methoxy groups -OCH3 is 2. The Morgan fingerprint density at radius 3 is 2.61 bits per heavy atom. The van der Waals surface area contributed by atoms with Gasteiger partial charge in [0.25, 0.3) is 0 Å². The summed E-state index contributed by atoms with van der Waals surface area (Å²) in [5, 5.41) is 0. The minimum absolute atomic E-state index is 0.0472. The predicted octanol–water partition coefficient (Wildman–Crippen LogP) is 2.56. The lowest BCUT2D eigenvalue weighted by molar-refractivity contribution is -0.221. The molecule has 0 radical (unpaired) electrons. The van der Waals surface area contributed by atoms with Crippen molar-refractivity contribution in [2.45, 2.75) is 19.2 Å². The normalized spacial score (nSPS) is 18.7. The number of carbonyl (C=O) groups excluding carboxylic acids is 1. The van der Waals surface area contributed by atoms with Crippen LogP contribution in [0.25, 0.3) is 0 Å². The third kappa shape index (κ3) is 3.69. The monoisotopic (exact) mass is 333 g/mol. The highest BCUT2D eigenvalue weighted by Crippen LogP contribution is 2.34. The Kier molecular flexibility index (Phi) is 5.03. The second-order valence-corrected chi connectivity index (χ2v) is 5.16. The summed E-state index contributed by atoms with van der Waals surface area (Å²) in [6, 6.07) is 3.02. The molecule has 1 atom stereocenters. The van der Waals surface area contributed by atoms with Gasteiger partial charge in [0.1, 0.15) is 5.75 Å². The number of hydrogen-bond acceptors (Lipinski definition) is 5. The fourth-order valence-electron chi connectivity index (χ4n) is 2.52. The molecule has 0 N–H and O–H groups in total. The second kappa shape index (κ2) is 6.66. The molecule has 1 aromatic carbocycles. The van der Waals surface area contributed by atoms with Gasteiger partial charge < -0.3 is 19.1 Å². The second-order valence-electron chi connectivity index (χ2n) is 5.16. The standard InChI is InChI=1S/C15H18F3NO4/c1-9-11(6-10(14(20)22-3)7-12(9)21-2)19-4-5-23-13(8-19)15(16,17)18/h6-7,13H,4-5,8H2,1-3H3. The molecule has 0 aromatic heterocycles. The molecule has 2 rings (SSSR count). The van der Waals surface area contributed by atoms with E-state index in [-0.39, 0.29) is 18.7 Å². The summed E-state index contributed by atoms with van der Waals surface area (Å²) in [5.74, 6) is -0.164. The van der Waals surface area contributed by atoms with E-state index in [2.05, 4.69) is 4.74 Å². The molecule has 1 aliphatic rings. The van der Waals surface area contributed by atoms with Crippen molar-refractivity contribution in [1.82, 2.24) is 0 Å². The van der Waals surface area contributed by atoms with Crippen molar-refractivity contribution in [3.63, 3.8) is 0 Å². The Bertz CT molecular complexity index is 589. The molecule has 1 fully saturated rings. The lowest BCUT2D eigenvalue weighted by Gasteiger charge is -2.36. The van der Waals surface area contributed by atoms with Crippen LogP contribution in [0.15, 0.2) is 12.1 Å². The number of hydrogen-bond donors (Lipinski definition) is 0. The zero-order valence-electron chi connectivity index (χ0n) is 13.1. The van der Waals surface area contributed by atoms with Crippen molar-refractivity contribution < 1.29 is 32.2 Å². The first kappa shape index (κ1) is 17.4. The van der Waals surface area contributed by atoms with Gasteiger partial charge in [0.05, 0.1) is 32.9 Å². The molecule has 1 aromatic rings. The Hall–Kier alpha value is -1.96. The smallest absolute Gasteiger partial charge is 0.416 e. The molecule has 128 valence electrons. The third-order valence-electron chi connectivity index (χ3n) is 3.75. The van der Waals surface area contributed by atoms with E-state index in [0.717, 1.165) is 0 Å². The van der Waals surface area contributed by atoms with E-state index in [1.54, 1.807) is 11.8 Å². The molecule has 1 saturated heterocycles. The number of carbonyl (C=O) groups is 1. The summed E-state index contributed by atoms with van der Waals surface area (Å²) < 4.78 is 53.4. The van der Waals surface area contributed by atoms with Crippen LogP contribution in [0.5, 0.6) is 5.75 Å². The Morgan fingerprint density at radius 2 is 2.04 bits per heavy atom. The quantitative estimate of drug-likeness (QED) is 0.796. The van der Waals surface area contributed by atoms with Gasteiger partial charge in [-0.05, 0) is 19.1 Å². The Labute approximate surface area is 131 Å². The van der Waals surface area contributed by atoms with Gasteiger partial charge in [-0.25, -0.2) is 4.79 Å². The Balaban J connectivity index is 2.39. The van der Waals surface area contributed by atoms with Crippen LogP contribution in [-0.4, -0.2) is 52.2 Å². The van der Waals surface area contributed by atoms with Crippen molar-refractivity contribution in [2.24, 2.45) is 0 Å². The zero-order chi connectivity index (χ0) is 17.2. The van der Waals surface area contributed by atoms with E-state index in [4.69, 9.17) is 9.47 Å². The van der Waals surface area contributed by atoms with Crippen LogP contribution in [0, 0.1) is 6.92 Å². The number of esters is 1. The first-order chi connectivity index (χ1) is 10.8. The summed E-state index contributed by atoms with van der Waals surface area (Å²) in [6.07, 6.45) is -6.29. The SMILES string of the molecule is COC(=O)c1cc(OC)c(C)c(N2CCOC(C(F)(F)F)C2)c1. The van der Waals surface area contributed by atoms with Crippen LogP contribution in [0.1, 0.15) is 15.9 Å². The van der Waals surface area contributed by atoms with Crippen LogP contribution >= 0.6 is 0 Å². The summed E-state index contributed by atoms with van der Waals surface area (Å²) in [5.41, 5.74) is 1.38. The van der Waals surface area contributed by atoms with E-state index in [9.17, 15) is 18.0 Å². The molecule has 0 aliphatic carbocycles. The van der Waals surface area contributed by atoms with Crippen molar-refractivity contribution in [2.75, 3.05) is 38.8 Å². The topological polar surface area (TPSA) is 48.0 Å². The van der Waals surface area contributed by atoms with E-state index in [1.807, 2.05) is 0 Å². The fraction of sp³-hybridized carbons (Fsp3) is 0.533. The minimum atomic E-state index is -4.43. The molecule has 1 unspecified atom stereocenters. The molecule has 23 heavy (non-hydrogen) atoms. The first-order valence-electron chi connectivity index (χ1n) is 6.98. The summed E-state index contributed by atoms with van der Waals surface area (Å²) in [7, 11) is 2.67. The lowest BCUT2D eigenvalue weighted by atomic mass is 10.1. The summed E-state index contributed by atoms with van der Waals surface area (Å²) in [4.78, 5) is 13.3. The van der Waals surface area contributed by atoms with Gasteiger partial charge in [-0.2, -0.15) is 13.2 Å². The van der Waals surface area contributed by atoms with Gasteiger partial charge in [0, 0.05) is 17.8 Å². The van der Waals surface area contributed by atoms with Crippen molar-refractivity contribution in [3.05, 3.63) is 23.3 Å². The molecular formula is C15H18F3NO4. The maximum atomic E-state index is 12.9. The van der Waals surface area contributed by atoms with Gasteiger partial charge in [0.2, 0.25) is 0 Å². The molecule has 5 nitrogen and oxygen atoms in total. The van der Waals surface area contributed by atoms with Gasteiger partial charge in [0.15, 0.2) is 6.10 Å². The third-order valence-corrected chi connectivity index (χ3v) is 3.75. The first-order valence-corrected chi connectivity index (χ1v) is 6.98. The van der Waals surface area contributed by atoms with Crippen LogP contribution in [0.3, 0.4) is 0 Å². The number of halogens is 3. The molecule has 1 aliphatic heterocycles. The minimum Gasteiger partial charge on any atom is -0.496 e. The molecule has 0 bridgehead atoms. The van der Waals surface area contributed by atoms with Gasteiger partial charge in [-0.15, -0.1) is 0 Å². The maximum Gasteiger partial charge on any atom is 0.416 e. The van der Waals surface area contributed by atoms with E-state index in [1.165, 1.54) is 26.4 Å². The lowest BCUT2D eigenvalue weighted by Crippen LogP contribution is -2.49. The molecule has 0 amide bonds. The van der Waals surface area contributed by atoms with Crippen molar-refractivity contribution in [3.8, 4) is 5.75 Å². The van der Waals surface area contributed by atoms with Crippen LogP contribution < -0.4 is 9.64 Å². The van der Waals surface area contributed by atoms with Crippen LogP contribution in [0.4, 0.5) is 18.9 Å². The highest BCUT2D eigenvalue weighted by atomic mass is 19.4. The van der Waals surface area contributed by atoms with Crippen LogP contribution in [-0.2, 0) is 9.47 Å². The molecule has 0 saturated carbocycles. The van der Waals surface area contributed by atoms with Gasteiger partial charge in [-0.1, -0.05) is 0 Å². The average molecular weight is 333 g/mol. The average Bonchev–Trinajstić information content (AvgIpc) is 2.53. The number of benzene rings is 1. The fourth-order valence-corrected chi connectivity index (χ4v) is 2.52. The van der Waals surface area contributed by atoms with Crippen molar-refractivity contribution in [1.29, 1.82) is 0 Å². The van der Waals surface area contributed by atoms with Gasteiger partial charge in [-0.3, -0.25) is 0 Å². The highest BCUT2D eigenvalue weighted by molar-refractivity contribution is 5.91. The number of alkyl halides is 3. The number of nitrogens with zero attached hydrogens (tertiary/aromatic N) is 1. The number of ether oxygens (including phenoxy) is 3. The summed E-state index contributed by atoms with van der Waals surface area (Å²) >= 11 is 0. The Morgan fingerprint density at radius 1 is 1.35 bits per heavy atom. The van der Waals surface area contributed by atoms with Crippen molar-refractivity contribution >= 4 is 11.7 Å². The van der Waals surface area contributed by atoms with E-state index in [0.29, 0.717) is 23.5 Å². The molecule has 8 heteroatoms. The van der Waals surface area contributed by atoms with E-state index >= 15 is 0 Å². The molecule has 0 spiro atoms. The largest absolute Gasteiger partial charge is 0.496 e. The summed E-state index contributed by atoms with van der Waals surface area (Å²) in [6.45, 7) is 1.64.